The van der Waals surface area contributed by atoms with Crippen molar-refractivity contribution in [3.8, 4) is 0 Å². The summed E-state index contributed by atoms with van der Waals surface area (Å²) in [6.07, 6.45) is 7.41. The summed E-state index contributed by atoms with van der Waals surface area (Å²) in [4.78, 5) is 11.6. The molecule has 0 bridgehead atoms. The van der Waals surface area contributed by atoms with Crippen molar-refractivity contribution in [2.45, 2.75) is 51.5 Å². The van der Waals surface area contributed by atoms with E-state index in [0.717, 1.165) is 18.9 Å². The molecule has 3 N–H and O–H groups in total. The Kier molecular flexibility index (Phi) is 4.92. The zero-order valence-electron chi connectivity index (χ0n) is 10.8. The molecule has 1 fully saturated rings. The molecular formula is C12H21N5S. The summed E-state index contributed by atoms with van der Waals surface area (Å²) in [6, 6.07) is 0.512. The highest BCUT2D eigenvalue weighted by Crippen LogP contribution is 2.20. The SMILES string of the molecule is CCCNc1nc(=S)nc(NC2CCCCC2)[nH]1. The largest absolute Gasteiger partial charge is 0.356 e. The van der Waals surface area contributed by atoms with E-state index in [9.17, 15) is 0 Å². The van der Waals surface area contributed by atoms with E-state index in [2.05, 4.69) is 32.5 Å². The molecule has 0 unspecified atom stereocenters. The van der Waals surface area contributed by atoms with Gasteiger partial charge in [-0.05, 0) is 31.5 Å². The molecule has 100 valence electrons. The molecule has 0 aliphatic heterocycles. The molecule has 0 saturated heterocycles. The highest BCUT2D eigenvalue weighted by atomic mass is 32.1. The molecule has 0 aromatic carbocycles. The van der Waals surface area contributed by atoms with Crippen LogP contribution < -0.4 is 10.6 Å². The quantitative estimate of drug-likeness (QED) is 0.715. The summed E-state index contributed by atoms with van der Waals surface area (Å²) in [5, 5.41) is 6.62. The minimum atomic E-state index is 0.380. The van der Waals surface area contributed by atoms with Crippen LogP contribution in [0, 0.1) is 4.77 Å². The zero-order valence-corrected chi connectivity index (χ0v) is 11.6. The monoisotopic (exact) mass is 267 g/mol. The lowest BCUT2D eigenvalue weighted by Gasteiger charge is -2.23. The lowest BCUT2D eigenvalue weighted by molar-refractivity contribution is 0.460. The third-order valence-electron chi connectivity index (χ3n) is 3.14. The second kappa shape index (κ2) is 6.68. The van der Waals surface area contributed by atoms with Gasteiger partial charge in [-0.1, -0.05) is 26.2 Å². The second-order valence-corrected chi connectivity index (χ2v) is 5.10. The molecule has 1 aromatic rings. The summed E-state index contributed by atoms with van der Waals surface area (Å²) in [5.41, 5.74) is 0. The van der Waals surface area contributed by atoms with Crippen molar-refractivity contribution >= 4 is 24.1 Å². The van der Waals surface area contributed by atoms with Crippen molar-refractivity contribution in [3.05, 3.63) is 4.77 Å². The maximum atomic E-state index is 5.08. The van der Waals surface area contributed by atoms with Gasteiger partial charge in [0.2, 0.25) is 16.7 Å². The number of nitrogens with zero attached hydrogens (tertiary/aromatic N) is 2. The van der Waals surface area contributed by atoms with Gasteiger partial charge in [-0.3, -0.25) is 4.98 Å². The number of hydrogen-bond acceptors (Lipinski definition) is 5. The standard InChI is InChI=1S/C12H21N5S/c1-2-8-13-10-15-11(17-12(18)16-10)14-9-6-4-3-5-7-9/h9H,2-8H2,1H3,(H3,13,14,15,16,17,18). The van der Waals surface area contributed by atoms with Crippen LogP contribution in [0.3, 0.4) is 0 Å². The van der Waals surface area contributed by atoms with Crippen LogP contribution in [0.5, 0.6) is 0 Å². The van der Waals surface area contributed by atoms with Crippen molar-refractivity contribution in [1.29, 1.82) is 0 Å². The van der Waals surface area contributed by atoms with Crippen LogP contribution in [0.15, 0.2) is 0 Å². The Morgan fingerprint density at radius 2 is 1.94 bits per heavy atom. The van der Waals surface area contributed by atoms with E-state index in [4.69, 9.17) is 12.2 Å². The molecule has 0 atom stereocenters. The minimum Gasteiger partial charge on any atom is -0.356 e. The van der Waals surface area contributed by atoms with Crippen LogP contribution in [0.25, 0.3) is 0 Å². The Labute approximate surface area is 113 Å². The molecule has 0 radical (unpaired) electrons. The first-order valence-corrected chi connectivity index (χ1v) is 7.17. The highest BCUT2D eigenvalue weighted by molar-refractivity contribution is 7.71. The third-order valence-corrected chi connectivity index (χ3v) is 3.32. The molecule has 6 heteroatoms. The van der Waals surface area contributed by atoms with Gasteiger partial charge in [0.05, 0.1) is 0 Å². The van der Waals surface area contributed by atoms with Crippen LogP contribution >= 0.6 is 12.2 Å². The van der Waals surface area contributed by atoms with Crippen molar-refractivity contribution in [2.24, 2.45) is 0 Å². The molecule has 1 heterocycles. The molecular weight excluding hydrogens is 246 g/mol. The Hall–Kier alpha value is -1.17. The Morgan fingerprint density at radius 1 is 1.22 bits per heavy atom. The lowest BCUT2D eigenvalue weighted by atomic mass is 9.96. The Bertz CT molecular complexity index is 425. The maximum Gasteiger partial charge on any atom is 0.225 e. The van der Waals surface area contributed by atoms with Gasteiger partial charge < -0.3 is 10.6 Å². The van der Waals surface area contributed by atoms with E-state index in [1.165, 1.54) is 32.1 Å². The van der Waals surface area contributed by atoms with Gasteiger partial charge >= 0.3 is 0 Å². The first-order chi connectivity index (χ1) is 8.78. The van der Waals surface area contributed by atoms with Crippen LogP contribution in [-0.2, 0) is 0 Å². The third kappa shape index (κ3) is 3.94. The maximum absolute atomic E-state index is 5.08. The van der Waals surface area contributed by atoms with Gasteiger partial charge in [-0.2, -0.15) is 9.97 Å². The van der Waals surface area contributed by atoms with Crippen LogP contribution in [0.1, 0.15) is 45.4 Å². The van der Waals surface area contributed by atoms with Gasteiger partial charge in [0.1, 0.15) is 0 Å². The number of H-pyrrole nitrogens is 1. The molecule has 0 amide bonds. The van der Waals surface area contributed by atoms with Crippen LogP contribution in [0.2, 0.25) is 0 Å². The number of hydrogen-bond donors (Lipinski definition) is 3. The van der Waals surface area contributed by atoms with E-state index in [1.807, 2.05) is 0 Å². The molecule has 1 aliphatic rings. The van der Waals surface area contributed by atoms with Gasteiger partial charge in [-0.15, -0.1) is 0 Å². The molecule has 0 spiro atoms. The van der Waals surface area contributed by atoms with E-state index >= 15 is 0 Å². The van der Waals surface area contributed by atoms with Gasteiger partial charge in [0.25, 0.3) is 0 Å². The predicted octanol–water partition coefficient (Wildman–Crippen LogP) is 3.10. The second-order valence-electron chi connectivity index (χ2n) is 4.73. The number of nitrogens with one attached hydrogen (secondary N) is 3. The van der Waals surface area contributed by atoms with Crippen molar-refractivity contribution in [1.82, 2.24) is 15.0 Å². The zero-order chi connectivity index (χ0) is 12.8. The van der Waals surface area contributed by atoms with Crippen molar-refractivity contribution in [3.63, 3.8) is 0 Å². The summed E-state index contributed by atoms with van der Waals surface area (Å²) < 4.78 is 0.380. The van der Waals surface area contributed by atoms with Gasteiger partial charge in [0, 0.05) is 12.6 Å². The average Bonchev–Trinajstić information content (AvgIpc) is 2.37. The van der Waals surface area contributed by atoms with Gasteiger partial charge in [0.15, 0.2) is 0 Å². The van der Waals surface area contributed by atoms with E-state index in [0.29, 0.717) is 16.8 Å². The van der Waals surface area contributed by atoms with E-state index < -0.39 is 0 Å². The normalized spacial score (nSPS) is 16.5. The van der Waals surface area contributed by atoms with E-state index in [-0.39, 0.29) is 0 Å². The van der Waals surface area contributed by atoms with Gasteiger partial charge in [-0.25, -0.2) is 0 Å². The van der Waals surface area contributed by atoms with E-state index in [1.54, 1.807) is 0 Å². The molecule has 18 heavy (non-hydrogen) atoms. The first kappa shape index (κ1) is 13.3. The summed E-state index contributed by atoms with van der Waals surface area (Å²) in [5.74, 6) is 1.44. The highest BCUT2D eigenvalue weighted by Gasteiger charge is 2.14. The summed E-state index contributed by atoms with van der Waals surface area (Å²) in [7, 11) is 0. The summed E-state index contributed by atoms with van der Waals surface area (Å²) >= 11 is 5.08. The van der Waals surface area contributed by atoms with Crippen molar-refractivity contribution in [2.75, 3.05) is 17.2 Å². The predicted molar refractivity (Wildman–Crippen MR) is 76.5 cm³/mol. The fourth-order valence-corrected chi connectivity index (χ4v) is 2.40. The molecule has 1 aliphatic carbocycles. The smallest absolute Gasteiger partial charge is 0.225 e. The number of anilines is 2. The fourth-order valence-electron chi connectivity index (χ4n) is 2.22. The average molecular weight is 267 g/mol. The topological polar surface area (TPSA) is 65.6 Å². The Morgan fingerprint density at radius 3 is 2.67 bits per heavy atom. The fraction of sp³-hybridized carbons (Fsp3) is 0.750. The first-order valence-electron chi connectivity index (χ1n) is 6.76. The number of rotatable bonds is 5. The number of aromatic amines is 1. The molecule has 1 saturated carbocycles. The summed E-state index contributed by atoms with van der Waals surface area (Å²) in [6.45, 7) is 3.00. The molecule has 2 rings (SSSR count). The Balaban J connectivity index is 2.02. The van der Waals surface area contributed by atoms with Crippen molar-refractivity contribution < 1.29 is 0 Å². The molecule has 1 aromatic heterocycles. The number of aromatic nitrogens is 3. The lowest BCUT2D eigenvalue weighted by Crippen LogP contribution is -2.24. The van der Waals surface area contributed by atoms with Crippen LogP contribution in [0.4, 0.5) is 11.9 Å². The molecule has 5 nitrogen and oxygen atoms in total. The van der Waals surface area contributed by atoms with Crippen LogP contribution in [-0.4, -0.2) is 27.5 Å². The minimum absolute atomic E-state index is 0.380.